The largest absolute Gasteiger partial charge is 0.455 e. The number of fused-ring (bicyclic) bond motifs is 13. The Labute approximate surface area is 373 Å². The van der Waals surface area contributed by atoms with Gasteiger partial charge < -0.3 is 9.32 Å². The summed E-state index contributed by atoms with van der Waals surface area (Å²) in [7, 11) is 0. The van der Waals surface area contributed by atoms with Gasteiger partial charge in [0, 0.05) is 39.3 Å². The molecule has 3 aliphatic rings. The number of furan rings is 1. The minimum atomic E-state index is -0.540. The van der Waals surface area contributed by atoms with E-state index in [1.165, 1.54) is 78.0 Å². The van der Waals surface area contributed by atoms with Gasteiger partial charge in [-0.15, -0.1) is 0 Å². The normalized spacial score (nSPS) is 18.0. The lowest BCUT2D eigenvalue weighted by Crippen LogP contribution is -2.33. The fraction of sp³-hybridized carbons (Fsp3) is 0.0645. The van der Waals surface area contributed by atoms with Crippen molar-refractivity contribution in [2.45, 2.75) is 18.3 Å². The first kappa shape index (κ1) is 36.7. The van der Waals surface area contributed by atoms with Crippen LogP contribution in [-0.4, -0.2) is 0 Å². The molecule has 1 spiro atoms. The zero-order chi connectivity index (χ0) is 42.4. The number of anilines is 3. The maximum absolute atomic E-state index is 6.90. The van der Waals surface area contributed by atoms with E-state index in [0.717, 1.165) is 33.3 Å². The van der Waals surface area contributed by atoms with Crippen molar-refractivity contribution in [2.24, 2.45) is 5.92 Å². The van der Waals surface area contributed by atoms with Gasteiger partial charge in [0.15, 0.2) is 0 Å². The molecule has 64 heavy (non-hydrogen) atoms. The second-order valence-electron chi connectivity index (χ2n) is 17.5. The van der Waals surface area contributed by atoms with Crippen LogP contribution in [0.4, 0.5) is 17.1 Å². The first-order valence-electron chi connectivity index (χ1n) is 22.5. The molecule has 13 rings (SSSR count). The van der Waals surface area contributed by atoms with E-state index in [1.807, 2.05) is 0 Å². The molecular weight excluding hydrogens is 775 g/mol. The minimum absolute atomic E-state index is 0.0312. The van der Waals surface area contributed by atoms with Crippen LogP contribution in [0.1, 0.15) is 40.7 Å². The number of hydrogen-bond donors (Lipinski definition) is 0. The Morgan fingerprint density at radius 2 is 1.00 bits per heavy atom. The second kappa shape index (κ2) is 14.3. The summed E-state index contributed by atoms with van der Waals surface area (Å²) in [5.74, 6) is 0.226. The number of allylic oxidation sites excluding steroid dienone is 4. The van der Waals surface area contributed by atoms with Crippen LogP contribution in [0.3, 0.4) is 0 Å². The summed E-state index contributed by atoms with van der Waals surface area (Å²) in [5.41, 5.74) is 21.3. The van der Waals surface area contributed by atoms with E-state index in [-0.39, 0.29) is 11.8 Å². The van der Waals surface area contributed by atoms with Gasteiger partial charge in [0.2, 0.25) is 0 Å². The fourth-order valence-corrected chi connectivity index (χ4v) is 11.5. The summed E-state index contributed by atoms with van der Waals surface area (Å²) in [4.78, 5) is 2.48. The summed E-state index contributed by atoms with van der Waals surface area (Å²) in [5, 5.41) is 2.31. The summed E-state index contributed by atoms with van der Waals surface area (Å²) < 4.78 is 6.90. The van der Waals surface area contributed by atoms with E-state index < -0.39 is 5.41 Å². The predicted octanol–water partition coefficient (Wildman–Crippen LogP) is 16.5. The zero-order valence-electron chi connectivity index (χ0n) is 35.4. The lowest BCUT2D eigenvalue weighted by atomic mass is 9.62. The van der Waals surface area contributed by atoms with Gasteiger partial charge in [0.25, 0.3) is 0 Å². The first-order valence-corrected chi connectivity index (χ1v) is 22.5. The zero-order valence-corrected chi connectivity index (χ0v) is 35.4. The van der Waals surface area contributed by atoms with Crippen LogP contribution in [-0.2, 0) is 5.41 Å². The van der Waals surface area contributed by atoms with Crippen molar-refractivity contribution in [3.63, 3.8) is 0 Å². The SMILES string of the molecule is CC1C=CC2=C(C1c1ccccc1N(c1ccc(-c3ccccc3)cc1)c1ccc(-c3ccccc3)cc1)C1(c3ccccc32)c2ccccc2-c2c1ccc1c2oc2ccccc21. The summed E-state index contributed by atoms with van der Waals surface area (Å²) >= 11 is 0. The summed E-state index contributed by atoms with van der Waals surface area (Å²) in [6.07, 6.45) is 4.88. The van der Waals surface area contributed by atoms with E-state index in [1.54, 1.807) is 0 Å². The molecule has 3 atom stereocenters. The highest BCUT2D eigenvalue weighted by Gasteiger charge is 2.56. The molecule has 1 heterocycles. The van der Waals surface area contributed by atoms with Gasteiger partial charge in [0.1, 0.15) is 11.2 Å². The van der Waals surface area contributed by atoms with Gasteiger partial charge in [-0.1, -0.05) is 201 Å². The second-order valence-corrected chi connectivity index (χ2v) is 17.5. The molecule has 0 amide bonds. The van der Waals surface area contributed by atoms with Crippen LogP contribution in [0.5, 0.6) is 0 Å². The van der Waals surface area contributed by atoms with Crippen LogP contribution < -0.4 is 4.90 Å². The van der Waals surface area contributed by atoms with Crippen molar-refractivity contribution in [2.75, 3.05) is 4.90 Å². The predicted molar refractivity (Wildman–Crippen MR) is 265 cm³/mol. The molecule has 0 saturated carbocycles. The Hall–Kier alpha value is -7.94. The van der Waals surface area contributed by atoms with Gasteiger partial charge in [0.05, 0.1) is 5.41 Å². The third kappa shape index (κ3) is 5.26. The molecule has 2 nitrogen and oxygen atoms in total. The molecule has 3 unspecified atom stereocenters. The standard InChI is InChI=1S/C62H43NO/c1-40-28-37-49-47-20-8-12-24-53(47)62(54-25-13-9-22-51(54)59-55(62)39-38-50-48-21-11-15-27-57(48)64-61(50)59)60(49)58(40)52-23-10-14-26-56(52)63(45-33-29-43(30-34-45)41-16-4-2-5-17-41)46-35-31-44(32-36-46)42-18-6-3-7-19-42/h2-40,58H,1H3. The topological polar surface area (TPSA) is 16.4 Å². The molecule has 9 aromatic carbocycles. The maximum Gasteiger partial charge on any atom is 0.143 e. The molecule has 302 valence electrons. The van der Waals surface area contributed by atoms with E-state index in [9.17, 15) is 0 Å². The molecule has 0 saturated heterocycles. The highest BCUT2D eigenvalue weighted by Crippen LogP contribution is 2.68. The smallest absolute Gasteiger partial charge is 0.143 e. The van der Waals surface area contributed by atoms with E-state index in [0.29, 0.717) is 0 Å². The summed E-state index contributed by atoms with van der Waals surface area (Å²) in [6.45, 7) is 2.41. The van der Waals surface area contributed by atoms with Gasteiger partial charge in [-0.05, 0) is 109 Å². The monoisotopic (exact) mass is 817 g/mol. The number of nitrogens with zero attached hydrogens (tertiary/aromatic N) is 1. The van der Waals surface area contributed by atoms with E-state index in [4.69, 9.17) is 4.42 Å². The van der Waals surface area contributed by atoms with Crippen LogP contribution in [0, 0.1) is 5.92 Å². The van der Waals surface area contributed by atoms with Crippen molar-refractivity contribution in [1.29, 1.82) is 0 Å². The molecule has 1 aromatic heterocycles. The third-order valence-corrected chi connectivity index (χ3v) is 14.2. The first-order chi connectivity index (χ1) is 31.7. The Morgan fingerprint density at radius 3 is 1.69 bits per heavy atom. The average molecular weight is 818 g/mol. The molecule has 0 N–H and O–H groups in total. The highest BCUT2D eigenvalue weighted by molar-refractivity contribution is 6.13. The number of benzene rings is 9. The Bertz CT molecular complexity index is 3420. The Morgan fingerprint density at radius 1 is 0.453 bits per heavy atom. The minimum Gasteiger partial charge on any atom is -0.455 e. The average Bonchev–Trinajstić information content (AvgIpc) is 3.99. The molecule has 0 fully saturated rings. The van der Waals surface area contributed by atoms with Crippen molar-refractivity contribution < 1.29 is 4.42 Å². The Balaban J connectivity index is 1.05. The van der Waals surface area contributed by atoms with E-state index in [2.05, 4.69) is 242 Å². The molecule has 3 aliphatic carbocycles. The maximum atomic E-state index is 6.90. The lowest BCUT2D eigenvalue weighted by molar-refractivity contribution is 0.553. The fourth-order valence-electron chi connectivity index (χ4n) is 11.5. The van der Waals surface area contributed by atoms with Gasteiger partial charge in [-0.3, -0.25) is 0 Å². The number of rotatable bonds is 6. The van der Waals surface area contributed by atoms with Crippen molar-refractivity contribution in [1.82, 2.24) is 0 Å². The van der Waals surface area contributed by atoms with Crippen LogP contribution in [0.2, 0.25) is 0 Å². The molecule has 10 aromatic rings. The molecular formula is C62H43NO. The molecule has 0 bridgehead atoms. The molecule has 0 aliphatic heterocycles. The van der Waals surface area contributed by atoms with Gasteiger partial charge in [-0.25, -0.2) is 0 Å². The quantitative estimate of drug-likeness (QED) is 0.166. The van der Waals surface area contributed by atoms with Crippen molar-refractivity contribution in [3.05, 3.63) is 264 Å². The number of hydrogen-bond acceptors (Lipinski definition) is 2. The lowest BCUT2D eigenvalue weighted by Gasteiger charge is -2.41. The summed E-state index contributed by atoms with van der Waals surface area (Å²) in [6, 6.07) is 80.2. The molecule has 2 heteroatoms. The Kier molecular flexibility index (Phi) is 8.20. The van der Waals surface area contributed by atoms with Crippen molar-refractivity contribution in [3.8, 4) is 33.4 Å². The van der Waals surface area contributed by atoms with Crippen LogP contribution in [0.15, 0.2) is 241 Å². The highest BCUT2D eigenvalue weighted by atomic mass is 16.3. The van der Waals surface area contributed by atoms with Crippen molar-refractivity contribution >= 4 is 44.6 Å². The van der Waals surface area contributed by atoms with E-state index >= 15 is 0 Å². The van der Waals surface area contributed by atoms with Crippen LogP contribution >= 0.6 is 0 Å². The van der Waals surface area contributed by atoms with Crippen LogP contribution in [0.25, 0.3) is 60.9 Å². The molecule has 0 radical (unpaired) electrons. The van der Waals surface area contributed by atoms with Gasteiger partial charge in [-0.2, -0.15) is 0 Å². The number of para-hydroxylation sites is 2. The van der Waals surface area contributed by atoms with Gasteiger partial charge >= 0.3 is 0 Å². The third-order valence-electron chi connectivity index (χ3n) is 14.2.